The quantitative estimate of drug-likeness (QED) is 0.590. The van der Waals surface area contributed by atoms with Crippen LogP contribution in [0, 0.1) is 5.41 Å². The number of hydrogen-bond donors (Lipinski definition) is 1. The summed E-state index contributed by atoms with van der Waals surface area (Å²) in [6.07, 6.45) is 5.40. The summed E-state index contributed by atoms with van der Waals surface area (Å²) >= 11 is 0. The second-order valence-electron chi connectivity index (χ2n) is 4.70. The molecule has 0 aliphatic carbocycles. The highest BCUT2D eigenvalue weighted by molar-refractivity contribution is 5.91. The third-order valence-electron chi connectivity index (χ3n) is 3.28. The summed E-state index contributed by atoms with van der Waals surface area (Å²) in [5.41, 5.74) is 2.98. The zero-order chi connectivity index (χ0) is 14.7. The number of hydrogen-bond acceptors (Lipinski definition) is 4. The summed E-state index contributed by atoms with van der Waals surface area (Å²) in [6.45, 7) is 3.07. The molecular formula is C16H16N4O. The van der Waals surface area contributed by atoms with Crippen LogP contribution in [0.25, 0.3) is 10.9 Å². The van der Waals surface area contributed by atoms with Gasteiger partial charge in [-0.2, -0.15) is 5.10 Å². The molecule has 0 radical (unpaired) electrons. The van der Waals surface area contributed by atoms with E-state index in [0.29, 0.717) is 13.2 Å². The first-order valence-electron chi connectivity index (χ1n) is 6.84. The summed E-state index contributed by atoms with van der Waals surface area (Å²) in [4.78, 5) is 4.09. The monoisotopic (exact) mass is 280 g/mol. The summed E-state index contributed by atoms with van der Waals surface area (Å²) < 4.78 is 7.13. The standard InChI is InChI=1S/C16H16N4O/c1-2-21-16(17)13-5-3-12(4-6-13)11-20-15-7-8-18-9-14(15)10-19-20/h3-10,17H,2,11H2,1H3. The third-order valence-corrected chi connectivity index (χ3v) is 3.28. The topological polar surface area (TPSA) is 63.8 Å². The van der Waals surface area contributed by atoms with E-state index in [1.807, 2.05) is 54.3 Å². The number of aromatic nitrogens is 3. The molecule has 5 nitrogen and oxygen atoms in total. The highest BCUT2D eigenvalue weighted by Gasteiger charge is 2.05. The first kappa shape index (κ1) is 13.3. The third kappa shape index (κ3) is 2.76. The molecule has 1 N–H and O–H groups in total. The predicted octanol–water partition coefficient (Wildman–Crippen LogP) is 2.84. The maximum atomic E-state index is 7.76. The van der Waals surface area contributed by atoms with Crippen molar-refractivity contribution in [2.75, 3.05) is 6.61 Å². The summed E-state index contributed by atoms with van der Waals surface area (Å²) in [5, 5.41) is 13.2. The number of nitrogens with zero attached hydrogens (tertiary/aromatic N) is 3. The van der Waals surface area contributed by atoms with Crippen molar-refractivity contribution in [3.8, 4) is 0 Å². The molecule has 0 fully saturated rings. The zero-order valence-electron chi connectivity index (χ0n) is 11.8. The van der Waals surface area contributed by atoms with Gasteiger partial charge in [-0.3, -0.25) is 15.1 Å². The zero-order valence-corrected chi connectivity index (χ0v) is 11.8. The Morgan fingerprint density at radius 1 is 1.19 bits per heavy atom. The molecule has 0 saturated heterocycles. The Hall–Kier alpha value is -2.69. The molecule has 3 aromatic rings. The first-order valence-corrected chi connectivity index (χ1v) is 6.84. The molecule has 0 aliphatic heterocycles. The van der Waals surface area contributed by atoms with Crippen LogP contribution >= 0.6 is 0 Å². The lowest BCUT2D eigenvalue weighted by molar-refractivity contribution is 0.325. The van der Waals surface area contributed by atoms with Crippen molar-refractivity contribution >= 4 is 16.8 Å². The van der Waals surface area contributed by atoms with Crippen molar-refractivity contribution in [1.82, 2.24) is 14.8 Å². The van der Waals surface area contributed by atoms with Gasteiger partial charge in [-0.25, -0.2) is 0 Å². The van der Waals surface area contributed by atoms with Crippen molar-refractivity contribution in [3.63, 3.8) is 0 Å². The average molecular weight is 280 g/mol. The van der Waals surface area contributed by atoms with Gasteiger partial charge in [-0.05, 0) is 30.7 Å². The lowest BCUT2D eigenvalue weighted by Crippen LogP contribution is -2.05. The van der Waals surface area contributed by atoms with Crippen LogP contribution in [0.2, 0.25) is 0 Å². The van der Waals surface area contributed by atoms with Crippen molar-refractivity contribution < 1.29 is 4.74 Å². The number of ether oxygens (including phenoxy) is 1. The summed E-state index contributed by atoms with van der Waals surface area (Å²) in [5.74, 6) is 0.208. The molecule has 0 atom stereocenters. The van der Waals surface area contributed by atoms with Gasteiger partial charge >= 0.3 is 0 Å². The van der Waals surface area contributed by atoms with Crippen LogP contribution < -0.4 is 0 Å². The Bertz CT molecular complexity index is 761. The van der Waals surface area contributed by atoms with Gasteiger partial charge in [0.2, 0.25) is 5.90 Å². The fourth-order valence-electron chi connectivity index (χ4n) is 2.22. The second-order valence-corrected chi connectivity index (χ2v) is 4.70. The number of fused-ring (bicyclic) bond motifs is 1. The summed E-state index contributed by atoms with van der Waals surface area (Å²) in [7, 11) is 0. The van der Waals surface area contributed by atoms with Crippen molar-refractivity contribution in [1.29, 1.82) is 5.41 Å². The van der Waals surface area contributed by atoms with E-state index in [-0.39, 0.29) is 5.90 Å². The van der Waals surface area contributed by atoms with E-state index in [0.717, 1.165) is 22.0 Å². The number of rotatable bonds is 4. The van der Waals surface area contributed by atoms with Gasteiger partial charge in [0.15, 0.2) is 0 Å². The molecule has 2 heterocycles. The maximum absolute atomic E-state index is 7.76. The molecule has 1 aromatic carbocycles. The minimum absolute atomic E-state index is 0.208. The van der Waals surface area contributed by atoms with Crippen LogP contribution in [0.5, 0.6) is 0 Å². The number of pyridine rings is 1. The van der Waals surface area contributed by atoms with E-state index in [1.54, 1.807) is 6.20 Å². The molecule has 0 bridgehead atoms. The van der Waals surface area contributed by atoms with E-state index in [2.05, 4.69) is 10.1 Å². The van der Waals surface area contributed by atoms with Gasteiger partial charge in [0.05, 0.1) is 24.9 Å². The normalized spacial score (nSPS) is 10.7. The Labute approximate surface area is 122 Å². The van der Waals surface area contributed by atoms with Gasteiger partial charge < -0.3 is 4.74 Å². The molecule has 21 heavy (non-hydrogen) atoms. The van der Waals surface area contributed by atoms with E-state index in [4.69, 9.17) is 10.1 Å². The minimum atomic E-state index is 0.208. The van der Waals surface area contributed by atoms with Gasteiger partial charge in [0.25, 0.3) is 0 Å². The Morgan fingerprint density at radius 3 is 2.76 bits per heavy atom. The highest BCUT2D eigenvalue weighted by atomic mass is 16.5. The van der Waals surface area contributed by atoms with Crippen LogP contribution in [0.4, 0.5) is 0 Å². The number of nitrogens with one attached hydrogen (secondary N) is 1. The molecule has 5 heteroatoms. The van der Waals surface area contributed by atoms with Gasteiger partial charge in [0.1, 0.15) is 0 Å². The fraction of sp³-hybridized carbons (Fsp3) is 0.188. The molecule has 0 spiro atoms. The first-order chi connectivity index (χ1) is 10.3. The van der Waals surface area contributed by atoms with Gasteiger partial charge in [-0.15, -0.1) is 0 Å². The SMILES string of the molecule is CCOC(=N)c1ccc(Cn2ncc3cnccc32)cc1. The molecule has 0 unspecified atom stereocenters. The molecule has 0 amide bonds. The second kappa shape index (κ2) is 5.75. The lowest BCUT2D eigenvalue weighted by atomic mass is 10.1. The Morgan fingerprint density at radius 2 is 2.00 bits per heavy atom. The number of benzene rings is 1. The minimum Gasteiger partial charge on any atom is -0.478 e. The van der Waals surface area contributed by atoms with E-state index >= 15 is 0 Å². The van der Waals surface area contributed by atoms with Crippen molar-refractivity contribution in [3.05, 3.63) is 60.0 Å². The fourth-order valence-corrected chi connectivity index (χ4v) is 2.22. The predicted molar refractivity (Wildman–Crippen MR) is 81.5 cm³/mol. The molecule has 0 aliphatic rings. The van der Waals surface area contributed by atoms with Crippen molar-refractivity contribution in [2.45, 2.75) is 13.5 Å². The molecule has 2 aromatic heterocycles. The van der Waals surface area contributed by atoms with Crippen LogP contribution in [0.3, 0.4) is 0 Å². The molecule has 3 rings (SSSR count). The average Bonchev–Trinajstić information content (AvgIpc) is 2.92. The molecule has 106 valence electrons. The lowest BCUT2D eigenvalue weighted by Gasteiger charge is -2.07. The van der Waals surface area contributed by atoms with E-state index < -0.39 is 0 Å². The van der Waals surface area contributed by atoms with Crippen molar-refractivity contribution in [2.24, 2.45) is 0 Å². The van der Waals surface area contributed by atoms with Crippen LogP contribution in [0.1, 0.15) is 18.1 Å². The summed E-state index contributed by atoms with van der Waals surface area (Å²) in [6, 6.07) is 9.76. The van der Waals surface area contributed by atoms with Crippen LogP contribution in [-0.4, -0.2) is 27.3 Å². The maximum Gasteiger partial charge on any atom is 0.213 e. The van der Waals surface area contributed by atoms with Gasteiger partial charge in [-0.1, -0.05) is 12.1 Å². The van der Waals surface area contributed by atoms with E-state index in [9.17, 15) is 0 Å². The van der Waals surface area contributed by atoms with E-state index in [1.165, 1.54) is 0 Å². The van der Waals surface area contributed by atoms with Gasteiger partial charge in [0, 0.05) is 23.3 Å². The Balaban J connectivity index is 1.80. The highest BCUT2D eigenvalue weighted by Crippen LogP contribution is 2.14. The largest absolute Gasteiger partial charge is 0.478 e. The van der Waals surface area contributed by atoms with Crippen LogP contribution in [-0.2, 0) is 11.3 Å². The smallest absolute Gasteiger partial charge is 0.213 e. The molecular weight excluding hydrogens is 264 g/mol. The molecule has 0 saturated carbocycles. The Kier molecular flexibility index (Phi) is 3.64. The van der Waals surface area contributed by atoms with Crippen LogP contribution in [0.15, 0.2) is 48.9 Å².